The van der Waals surface area contributed by atoms with Crippen molar-refractivity contribution in [3.05, 3.63) is 94.2 Å². The van der Waals surface area contributed by atoms with Crippen molar-refractivity contribution >= 4 is 91.1 Å². The number of halogens is 4. The molecule has 6 aromatic rings. The standard InChI is InChI=1S/C40H32Cl4N4O4S2/c1-49-39(50-2)35(41)21-17-22-24(18-23(21)37(39,43)33-31(35)45-25-11-9-19(15-27(25)47-33)29-7-5-13-53-29)38(44)34-32(36(22,42)40(38,51-3)52-4)46-26-12-10-20(16-28(26)48-34)30-8-6-14-54-30/h5-16,21-24H,17-18H2,1-4H3/t21-,22+,23+,24-,35-,36+,37+,38-. The number of nitrogens with zero attached hydrogens (tertiary/aromatic N) is 4. The molecular weight excluding hydrogens is 806 g/mol. The van der Waals surface area contributed by atoms with Crippen molar-refractivity contribution in [2.45, 2.75) is 43.9 Å². The van der Waals surface area contributed by atoms with E-state index < -0.39 is 31.1 Å². The first-order valence-electron chi connectivity index (χ1n) is 17.7. The van der Waals surface area contributed by atoms with E-state index in [2.05, 4.69) is 35.0 Å². The molecule has 8 atom stereocenters. The summed E-state index contributed by atoms with van der Waals surface area (Å²) in [5, 5.41) is 4.11. The van der Waals surface area contributed by atoms with Crippen LogP contribution in [0.5, 0.6) is 0 Å². The Bertz CT molecular complexity index is 2380. The highest BCUT2D eigenvalue weighted by Crippen LogP contribution is 2.84. The van der Waals surface area contributed by atoms with Crippen molar-refractivity contribution in [1.82, 2.24) is 19.9 Å². The second kappa shape index (κ2) is 11.1. The Labute approximate surface area is 339 Å². The predicted molar refractivity (Wildman–Crippen MR) is 213 cm³/mol. The lowest BCUT2D eigenvalue weighted by Gasteiger charge is -2.49. The summed E-state index contributed by atoms with van der Waals surface area (Å²) >= 11 is 35.7. The van der Waals surface area contributed by atoms with Gasteiger partial charge >= 0.3 is 0 Å². The van der Waals surface area contributed by atoms with Gasteiger partial charge in [0.15, 0.2) is 0 Å². The lowest BCUT2D eigenvalue weighted by Crippen LogP contribution is -2.54. The van der Waals surface area contributed by atoms with E-state index in [0.717, 1.165) is 20.9 Å². The fourth-order valence-electron chi connectivity index (χ4n) is 11.5. The zero-order chi connectivity index (χ0) is 37.2. The van der Waals surface area contributed by atoms with Gasteiger partial charge in [-0.05, 0) is 94.8 Å². The Hall–Kier alpha value is -2.48. The third-order valence-corrected chi connectivity index (χ3v) is 18.1. The number of fused-ring (bicyclic) bond motifs is 18. The molecule has 4 heterocycles. The third kappa shape index (κ3) is 3.54. The smallest absolute Gasteiger partial charge is 0.219 e. The molecule has 4 aromatic heterocycles. The number of methoxy groups -OCH3 is 4. The van der Waals surface area contributed by atoms with Gasteiger partial charge in [-0.25, -0.2) is 19.9 Å². The number of alkyl halides is 4. The Balaban J connectivity index is 1.10. The van der Waals surface area contributed by atoms with Gasteiger partial charge in [0.25, 0.3) is 0 Å². The van der Waals surface area contributed by atoms with Crippen LogP contribution in [0.25, 0.3) is 42.9 Å². The van der Waals surface area contributed by atoms with Gasteiger partial charge in [-0.3, -0.25) is 0 Å². The summed E-state index contributed by atoms with van der Waals surface area (Å²) in [7, 11) is 6.36. The van der Waals surface area contributed by atoms with Crippen molar-refractivity contribution in [3.63, 3.8) is 0 Å². The van der Waals surface area contributed by atoms with Gasteiger partial charge in [0.05, 0.1) is 44.8 Å². The van der Waals surface area contributed by atoms with E-state index in [4.69, 9.17) is 85.3 Å². The molecule has 2 aromatic carbocycles. The van der Waals surface area contributed by atoms with Crippen molar-refractivity contribution in [2.24, 2.45) is 23.7 Å². The number of rotatable bonds is 6. The first kappa shape index (κ1) is 34.7. The third-order valence-electron chi connectivity index (χ3n) is 13.4. The molecule has 3 saturated carbocycles. The molecule has 0 unspecified atom stereocenters. The van der Waals surface area contributed by atoms with Gasteiger partial charge in [-0.2, -0.15) is 0 Å². The lowest BCUT2D eigenvalue weighted by atomic mass is 9.59. The van der Waals surface area contributed by atoms with Gasteiger partial charge in [0.1, 0.15) is 19.5 Å². The summed E-state index contributed by atoms with van der Waals surface area (Å²) < 4.78 is 25.6. The number of ether oxygens (including phenoxy) is 4. The van der Waals surface area contributed by atoms with Crippen molar-refractivity contribution in [2.75, 3.05) is 28.4 Å². The van der Waals surface area contributed by atoms with E-state index >= 15 is 0 Å². The molecule has 4 bridgehead atoms. The van der Waals surface area contributed by atoms with Crippen LogP contribution in [0, 0.1) is 23.7 Å². The SMILES string of the molecule is COC1(OC)[C@@]2(Cl)c3nc4cc(-c5cccs5)ccc4nc3[C@]1(Cl)[C@@H]1C[C@H]3[C@@H](C[C@@H]12)[C@@]1(Cl)c2nc4cc(-c5cccs5)ccc4nc2[C@]3(Cl)C1(OC)OC. The number of hydrogen-bond donors (Lipinski definition) is 0. The number of aromatic nitrogens is 4. The molecule has 0 saturated heterocycles. The van der Waals surface area contributed by atoms with Crippen LogP contribution in [0.15, 0.2) is 71.4 Å². The van der Waals surface area contributed by atoms with E-state index in [0.29, 0.717) is 57.7 Å². The minimum atomic E-state index is -1.51. The fraction of sp³-hybridized carbons (Fsp3) is 0.400. The van der Waals surface area contributed by atoms with E-state index in [1.807, 2.05) is 36.4 Å². The normalized spacial score (nSPS) is 34.7. The summed E-state index contributed by atoms with van der Waals surface area (Å²) in [6, 6.07) is 20.4. The first-order chi connectivity index (χ1) is 26.0. The predicted octanol–water partition coefficient (Wildman–Crippen LogP) is 9.76. The average Bonchev–Trinajstić information content (AvgIpc) is 4.03. The van der Waals surface area contributed by atoms with Crippen LogP contribution in [0.4, 0.5) is 0 Å². The molecule has 11 rings (SSSR count). The molecule has 3 fully saturated rings. The first-order valence-corrected chi connectivity index (χ1v) is 21.0. The number of thiophene rings is 2. The highest BCUT2D eigenvalue weighted by atomic mass is 35.5. The highest BCUT2D eigenvalue weighted by Gasteiger charge is 2.91. The molecule has 0 N–H and O–H groups in total. The summed E-state index contributed by atoms with van der Waals surface area (Å²) in [4.78, 5) is 17.9. The van der Waals surface area contributed by atoms with Crippen LogP contribution in [-0.4, -0.2) is 59.9 Å². The van der Waals surface area contributed by atoms with Crippen LogP contribution in [0.2, 0.25) is 0 Å². The maximum absolute atomic E-state index is 8.11. The fourth-order valence-corrected chi connectivity index (χ4v) is 15.7. The van der Waals surface area contributed by atoms with Gasteiger partial charge < -0.3 is 18.9 Å². The summed E-state index contributed by atoms with van der Waals surface area (Å²) in [5.74, 6) is -4.28. The minimum Gasteiger partial charge on any atom is -0.349 e. The number of hydrogen-bond acceptors (Lipinski definition) is 10. The maximum Gasteiger partial charge on any atom is 0.219 e. The molecule has 8 nitrogen and oxygen atoms in total. The Morgan fingerprint density at radius 3 is 1.13 bits per heavy atom. The van der Waals surface area contributed by atoms with E-state index in [-0.39, 0.29) is 23.7 Å². The van der Waals surface area contributed by atoms with Gasteiger partial charge in [-0.15, -0.1) is 69.1 Å². The van der Waals surface area contributed by atoms with E-state index in [9.17, 15) is 0 Å². The van der Waals surface area contributed by atoms with Crippen molar-refractivity contribution in [3.8, 4) is 20.9 Å². The highest BCUT2D eigenvalue weighted by molar-refractivity contribution is 7.13. The van der Waals surface area contributed by atoms with Crippen LogP contribution < -0.4 is 0 Å². The second-order valence-electron chi connectivity index (χ2n) is 15.0. The zero-order valence-electron chi connectivity index (χ0n) is 29.4. The van der Waals surface area contributed by atoms with Crippen LogP contribution in [-0.2, 0) is 38.4 Å². The minimum absolute atomic E-state index is 0.311. The molecule has 14 heteroatoms. The Morgan fingerprint density at radius 2 is 0.833 bits per heavy atom. The number of benzene rings is 2. The molecule has 5 aliphatic carbocycles. The largest absolute Gasteiger partial charge is 0.349 e. The molecule has 276 valence electrons. The topological polar surface area (TPSA) is 88.5 Å². The summed E-state index contributed by atoms with van der Waals surface area (Å²) in [5.41, 5.74) is 7.16. The monoisotopic (exact) mass is 836 g/mol. The molecule has 0 radical (unpaired) electrons. The van der Waals surface area contributed by atoms with E-state index in [1.165, 1.54) is 0 Å². The van der Waals surface area contributed by atoms with Crippen LogP contribution in [0.3, 0.4) is 0 Å². The maximum atomic E-state index is 8.11. The molecule has 0 aliphatic heterocycles. The Kier molecular flexibility index (Phi) is 7.16. The molecule has 5 aliphatic rings. The second-order valence-corrected chi connectivity index (χ2v) is 19.3. The zero-order valence-corrected chi connectivity index (χ0v) is 34.1. The summed E-state index contributed by atoms with van der Waals surface area (Å²) in [6.45, 7) is 0. The van der Waals surface area contributed by atoms with E-state index in [1.54, 1.807) is 51.1 Å². The Morgan fingerprint density at radius 1 is 0.500 bits per heavy atom. The lowest BCUT2D eigenvalue weighted by molar-refractivity contribution is -0.241. The quantitative estimate of drug-likeness (QED) is 0.121. The molecule has 0 amide bonds. The van der Waals surface area contributed by atoms with Gasteiger partial charge in [0.2, 0.25) is 11.6 Å². The van der Waals surface area contributed by atoms with Crippen LogP contribution >= 0.6 is 69.1 Å². The van der Waals surface area contributed by atoms with Crippen LogP contribution in [0.1, 0.15) is 35.6 Å². The van der Waals surface area contributed by atoms with Gasteiger partial charge in [-0.1, -0.05) is 24.3 Å². The van der Waals surface area contributed by atoms with Crippen molar-refractivity contribution < 1.29 is 18.9 Å². The van der Waals surface area contributed by atoms with Gasteiger partial charge in [0, 0.05) is 38.2 Å². The molecule has 54 heavy (non-hydrogen) atoms. The van der Waals surface area contributed by atoms with Crippen molar-refractivity contribution in [1.29, 1.82) is 0 Å². The summed E-state index contributed by atoms with van der Waals surface area (Å²) in [6.07, 6.45) is 0.970. The molecule has 0 spiro atoms. The molecular formula is C40H32Cl4N4O4S2. The average molecular weight is 839 g/mol.